The molecule has 0 spiro atoms. The van der Waals surface area contributed by atoms with Gasteiger partial charge < -0.3 is 9.64 Å². The van der Waals surface area contributed by atoms with Crippen LogP contribution in [0.1, 0.15) is 12.8 Å². The van der Waals surface area contributed by atoms with E-state index in [0.717, 1.165) is 19.2 Å². The Hall–Kier alpha value is 0.210. The lowest BCUT2D eigenvalue weighted by Gasteiger charge is -2.14. The van der Waals surface area contributed by atoms with Crippen LogP contribution < -0.4 is 0 Å². The molecule has 0 amide bonds. The van der Waals surface area contributed by atoms with Crippen molar-refractivity contribution in [3.8, 4) is 0 Å². The first-order chi connectivity index (χ1) is 5.34. The number of ether oxygens (including phenoxy) is 1. The molecule has 0 radical (unpaired) electrons. The lowest BCUT2D eigenvalue weighted by Crippen LogP contribution is -2.25. The van der Waals surface area contributed by atoms with Crippen LogP contribution in [0.15, 0.2) is 0 Å². The van der Waals surface area contributed by atoms with Crippen LogP contribution in [-0.4, -0.2) is 43.6 Å². The van der Waals surface area contributed by atoms with E-state index < -0.39 is 0 Å². The maximum absolute atomic E-state index is 5.45. The van der Waals surface area contributed by atoms with Gasteiger partial charge in [0.05, 0.1) is 13.2 Å². The molecule has 0 unspecified atom stereocenters. The highest BCUT2D eigenvalue weighted by atomic mass is 35.5. The molecule has 0 aliphatic heterocycles. The molecule has 3 heteroatoms. The molecule has 66 valence electrons. The van der Waals surface area contributed by atoms with E-state index in [4.69, 9.17) is 16.3 Å². The molecule has 2 nitrogen and oxygen atoms in total. The standard InChI is InChI=1S/C8H16ClNO/c1-10(8-2-3-8)5-7-11-6-4-9/h8H,2-7H2,1H3. The highest BCUT2D eigenvalue weighted by Gasteiger charge is 2.25. The number of hydrogen-bond donors (Lipinski definition) is 0. The lowest BCUT2D eigenvalue weighted by atomic mass is 10.5. The molecule has 0 aromatic heterocycles. The van der Waals surface area contributed by atoms with Gasteiger partial charge in [0.1, 0.15) is 0 Å². The van der Waals surface area contributed by atoms with Gasteiger partial charge in [-0.25, -0.2) is 0 Å². The predicted molar refractivity (Wildman–Crippen MR) is 47.2 cm³/mol. The fraction of sp³-hybridized carbons (Fsp3) is 1.00. The Morgan fingerprint density at radius 1 is 1.45 bits per heavy atom. The molecule has 0 bridgehead atoms. The van der Waals surface area contributed by atoms with Crippen molar-refractivity contribution in [1.82, 2.24) is 4.90 Å². The van der Waals surface area contributed by atoms with Crippen LogP contribution in [-0.2, 0) is 4.74 Å². The van der Waals surface area contributed by atoms with Gasteiger partial charge in [-0.05, 0) is 19.9 Å². The van der Waals surface area contributed by atoms with Crippen LogP contribution >= 0.6 is 11.6 Å². The zero-order valence-corrected chi connectivity index (χ0v) is 7.81. The fourth-order valence-electron chi connectivity index (χ4n) is 1.06. The van der Waals surface area contributed by atoms with Gasteiger partial charge in [-0.15, -0.1) is 11.6 Å². The molecule has 11 heavy (non-hydrogen) atoms. The van der Waals surface area contributed by atoms with Gasteiger partial charge in [-0.2, -0.15) is 0 Å². The maximum Gasteiger partial charge on any atom is 0.0602 e. The van der Waals surface area contributed by atoms with Gasteiger partial charge in [0, 0.05) is 18.5 Å². The molecule has 0 heterocycles. The molecule has 1 aliphatic rings. The third-order valence-electron chi connectivity index (χ3n) is 1.98. The van der Waals surface area contributed by atoms with Crippen molar-refractivity contribution in [2.45, 2.75) is 18.9 Å². The second kappa shape index (κ2) is 4.96. The van der Waals surface area contributed by atoms with Crippen LogP contribution in [0.3, 0.4) is 0 Å². The Kier molecular flexibility index (Phi) is 4.20. The first-order valence-corrected chi connectivity index (χ1v) is 4.72. The van der Waals surface area contributed by atoms with Gasteiger partial charge in [0.2, 0.25) is 0 Å². The van der Waals surface area contributed by atoms with E-state index in [2.05, 4.69) is 11.9 Å². The zero-order chi connectivity index (χ0) is 8.10. The minimum absolute atomic E-state index is 0.604. The highest BCUT2D eigenvalue weighted by molar-refractivity contribution is 6.17. The predicted octanol–water partition coefficient (Wildman–Crippen LogP) is 1.34. The summed E-state index contributed by atoms with van der Waals surface area (Å²) in [5.74, 6) is 0.604. The molecule has 1 saturated carbocycles. The van der Waals surface area contributed by atoms with Gasteiger partial charge in [0.15, 0.2) is 0 Å². The summed E-state index contributed by atoms with van der Waals surface area (Å²) in [7, 11) is 2.15. The molecule has 0 aromatic carbocycles. The summed E-state index contributed by atoms with van der Waals surface area (Å²) >= 11 is 5.45. The maximum atomic E-state index is 5.45. The van der Waals surface area contributed by atoms with E-state index in [1.807, 2.05) is 0 Å². The van der Waals surface area contributed by atoms with E-state index in [1.54, 1.807) is 0 Å². The molecular formula is C8H16ClNO. The topological polar surface area (TPSA) is 12.5 Å². The summed E-state index contributed by atoms with van der Waals surface area (Å²) < 4.78 is 5.26. The summed E-state index contributed by atoms with van der Waals surface area (Å²) in [6.45, 7) is 2.54. The lowest BCUT2D eigenvalue weighted by molar-refractivity contribution is 0.121. The van der Waals surface area contributed by atoms with Crippen LogP contribution in [0.5, 0.6) is 0 Å². The van der Waals surface area contributed by atoms with Gasteiger partial charge in [0.25, 0.3) is 0 Å². The van der Waals surface area contributed by atoms with Crippen LogP contribution in [0.25, 0.3) is 0 Å². The summed E-state index contributed by atoms with van der Waals surface area (Å²) in [6.07, 6.45) is 2.73. The highest BCUT2D eigenvalue weighted by Crippen LogP contribution is 2.24. The first-order valence-electron chi connectivity index (χ1n) is 4.18. The molecule has 0 saturated heterocycles. The fourth-order valence-corrected chi connectivity index (χ4v) is 1.17. The smallest absolute Gasteiger partial charge is 0.0602 e. The minimum atomic E-state index is 0.604. The van der Waals surface area contributed by atoms with Crippen LogP contribution in [0.2, 0.25) is 0 Å². The average Bonchev–Trinajstić information content (AvgIpc) is 2.79. The van der Waals surface area contributed by atoms with Crippen LogP contribution in [0.4, 0.5) is 0 Å². The molecule has 0 aromatic rings. The number of hydrogen-bond acceptors (Lipinski definition) is 2. The molecule has 1 aliphatic carbocycles. The number of rotatable bonds is 6. The van der Waals surface area contributed by atoms with Crippen molar-refractivity contribution in [3.05, 3.63) is 0 Å². The first kappa shape index (κ1) is 9.30. The second-order valence-corrected chi connectivity index (χ2v) is 3.39. The molecular weight excluding hydrogens is 162 g/mol. The summed E-state index contributed by atoms with van der Waals surface area (Å²) in [5.41, 5.74) is 0. The van der Waals surface area contributed by atoms with Crippen LogP contribution in [0, 0.1) is 0 Å². The third-order valence-corrected chi connectivity index (χ3v) is 2.13. The van der Waals surface area contributed by atoms with E-state index >= 15 is 0 Å². The SMILES string of the molecule is CN(CCOCCCl)C1CC1. The normalized spacial score (nSPS) is 17.7. The molecule has 0 N–H and O–H groups in total. The zero-order valence-electron chi connectivity index (χ0n) is 7.05. The monoisotopic (exact) mass is 177 g/mol. The summed E-state index contributed by atoms with van der Waals surface area (Å²) in [5, 5.41) is 0. The number of halogens is 1. The Morgan fingerprint density at radius 2 is 2.18 bits per heavy atom. The van der Waals surface area contributed by atoms with E-state index in [1.165, 1.54) is 12.8 Å². The Morgan fingerprint density at radius 3 is 2.73 bits per heavy atom. The van der Waals surface area contributed by atoms with Gasteiger partial charge in [-0.1, -0.05) is 0 Å². The van der Waals surface area contributed by atoms with Gasteiger partial charge in [-0.3, -0.25) is 0 Å². The van der Waals surface area contributed by atoms with Crippen molar-refractivity contribution < 1.29 is 4.74 Å². The Labute approximate surface area is 73.5 Å². The van der Waals surface area contributed by atoms with Crippen molar-refractivity contribution in [3.63, 3.8) is 0 Å². The number of nitrogens with zero attached hydrogens (tertiary/aromatic N) is 1. The average molecular weight is 178 g/mol. The van der Waals surface area contributed by atoms with E-state index in [-0.39, 0.29) is 0 Å². The summed E-state index contributed by atoms with van der Waals surface area (Å²) in [4.78, 5) is 2.36. The summed E-state index contributed by atoms with van der Waals surface area (Å²) in [6, 6.07) is 0.842. The second-order valence-electron chi connectivity index (χ2n) is 3.01. The minimum Gasteiger partial charge on any atom is -0.379 e. The number of likely N-dealkylation sites (N-methyl/N-ethyl adjacent to an activating group) is 1. The van der Waals surface area contributed by atoms with Crippen molar-refractivity contribution in [2.24, 2.45) is 0 Å². The Bertz CT molecular complexity index is 106. The molecule has 1 rings (SSSR count). The Balaban J connectivity index is 1.85. The van der Waals surface area contributed by atoms with Crippen molar-refractivity contribution >= 4 is 11.6 Å². The van der Waals surface area contributed by atoms with Crippen molar-refractivity contribution in [2.75, 3.05) is 32.7 Å². The van der Waals surface area contributed by atoms with E-state index in [0.29, 0.717) is 12.5 Å². The van der Waals surface area contributed by atoms with Gasteiger partial charge >= 0.3 is 0 Å². The molecule has 1 fully saturated rings. The largest absolute Gasteiger partial charge is 0.379 e. The van der Waals surface area contributed by atoms with E-state index in [9.17, 15) is 0 Å². The van der Waals surface area contributed by atoms with Crippen molar-refractivity contribution in [1.29, 1.82) is 0 Å². The quantitative estimate of drug-likeness (QED) is 0.449. The molecule has 0 atom stereocenters. The number of alkyl halides is 1. The third kappa shape index (κ3) is 3.94.